The predicted molar refractivity (Wildman–Crippen MR) is 173 cm³/mol. The zero-order chi connectivity index (χ0) is 29.8. The van der Waals surface area contributed by atoms with Gasteiger partial charge in [-0.05, 0) is 51.0 Å². The highest BCUT2D eigenvalue weighted by Gasteiger charge is 2.20. The van der Waals surface area contributed by atoms with Crippen LogP contribution < -0.4 is 0 Å². The molecule has 238 valence electrons. The van der Waals surface area contributed by atoms with Crippen LogP contribution in [0.4, 0.5) is 0 Å². The first-order valence-electron chi connectivity index (χ1n) is 16.2. The van der Waals surface area contributed by atoms with Crippen LogP contribution in [0.25, 0.3) is 0 Å². The Kier molecular flexibility index (Phi) is 28.4. The van der Waals surface area contributed by atoms with Crippen LogP contribution in [0.15, 0.2) is 0 Å². The van der Waals surface area contributed by atoms with Crippen LogP contribution in [-0.4, -0.2) is 65.6 Å². The lowest BCUT2D eigenvalue weighted by Crippen LogP contribution is -2.28. The van der Waals surface area contributed by atoms with Gasteiger partial charge in [0.25, 0.3) is 0 Å². The van der Waals surface area contributed by atoms with Crippen molar-refractivity contribution < 1.29 is 24.3 Å². The van der Waals surface area contributed by atoms with E-state index in [9.17, 15) is 14.8 Å². The Bertz CT molecular complexity index is 590. The molecule has 0 bridgehead atoms. The van der Waals surface area contributed by atoms with Crippen molar-refractivity contribution in [3.63, 3.8) is 0 Å². The number of thioether (sulfide) groups is 2. The second kappa shape index (κ2) is 28.7. The first kappa shape index (κ1) is 39.6. The number of hydroxylamine groups is 2. The van der Waals surface area contributed by atoms with Gasteiger partial charge in [-0.15, -0.1) is 23.5 Å². The van der Waals surface area contributed by atoms with Crippen molar-refractivity contribution in [2.24, 2.45) is 5.92 Å². The number of esters is 2. The van der Waals surface area contributed by atoms with Crippen LogP contribution >= 0.6 is 23.5 Å². The van der Waals surface area contributed by atoms with E-state index in [-0.39, 0.29) is 28.5 Å². The van der Waals surface area contributed by atoms with Gasteiger partial charge in [0.15, 0.2) is 0 Å². The minimum atomic E-state index is -0.141. The molecule has 0 aliphatic rings. The molecule has 0 aromatic heterocycles. The Morgan fingerprint density at radius 2 is 1.02 bits per heavy atom. The van der Waals surface area contributed by atoms with E-state index in [1.165, 1.54) is 80.0 Å². The first-order chi connectivity index (χ1) is 19.4. The highest BCUT2D eigenvalue weighted by atomic mass is 32.2. The van der Waals surface area contributed by atoms with Crippen LogP contribution in [0.5, 0.6) is 0 Å². The number of carbonyl (C=O) groups excluding carboxylic acids is 2. The van der Waals surface area contributed by atoms with Gasteiger partial charge in [-0.2, -0.15) is 5.06 Å². The number of nitrogens with zero attached hydrogens (tertiary/aromatic N) is 1. The molecule has 1 N–H and O–H groups in total. The molecule has 0 saturated carbocycles. The highest BCUT2D eigenvalue weighted by Crippen LogP contribution is 2.22. The molecule has 0 rings (SSSR count). The first-order valence-corrected chi connectivity index (χ1v) is 18.8. The molecule has 8 heteroatoms. The molecule has 0 aromatic rings. The van der Waals surface area contributed by atoms with Crippen LogP contribution in [0, 0.1) is 5.92 Å². The summed E-state index contributed by atoms with van der Waals surface area (Å²) < 4.78 is 10.9. The van der Waals surface area contributed by atoms with E-state index in [1.807, 2.05) is 12.5 Å². The fourth-order valence-electron chi connectivity index (χ4n) is 5.02. The third-order valence-corrected chi connectivity index (χ3v) is 10.0. The lowest BCUT2D eigenvalue weighted by atomic mass is 9.94. The van der Waals surface area contributed by atoms with E-state index in [0.717, 1.165) is 77.0 Å². The molecule has 0 heterocycles. The number of ether oxygens (including phenoxy) is 2. The number of hydrogen-bond acceptors (Lipinski definition) is 8. The summed E-state index contributed by atoms with van der Waals surface area (Å²) in [5.74, 6) is -0.0588. The standard InChI is InChI=1S/C32H63NO5S2/c1-6-8-10-12-13-17-23-28(22-16-11-9-7-2)30(34)37-26-20-14-18-24-29(33(3)36)25-19-15-21-27-38-31(35)32(39-4)40-5/h28-29,32,36H,6-27H2,1-5H3. The lowest BCUT2D eigenvalue weighted by molar-refractivity contribution is -0.149. The van der Waals surface area contributed by atoms with E-state index >= 15 is 0 Å². The Labute approximate surface area is 255 Å². The molecule has 2 atom stereocenters. The molecular weight excluding hydrogens is 542 g/mol. The summed E-state index contributed by atoms with van der Waals surface area (Å²) in [4.78, 5) is 24.7. The van der Waals surface area contributed by atoms with Gasteiger partial charge in [0.05, 0.1) is 19.1 Å². The van der Waals surface area contributed by atoms with E-state index in [2.05, 4.69) is 13.8 Å². The summed E-state index contributed by atoms with van der Waals surface area (Å²) in [5, 5.41) is 11.4. The van der Waals surface area contributed by atoms with Gasteiger partial charge in [0.2, 0.25) is 0 Å². The Morgan fingerprint density at radius 1 is 0.625 bits per heavy atom. The van der Waals surface area contributed by atoms with E-state index in [1.54, 1.807) is 7.05 Å². The third-order valence-electron chi connectivity index (χ3n) is 7.65. The number of rotatable bonds is 29. The van der Waals surface area contributed by atoms with Crippen molar-refractivity contribution in [1.29, 1.82) is 0 Å². The van der Waals surface area contributed by atoms with Crippen LogP contribution in [0.3, 0.4) is 0 Å². The minimum Gasteiger partial charge on any atom is -0.465 e. The number of unbranched alkanes of at least 4 members (excludes halogenated alkanes) is 12. The van der Waals surface area contributed by atoms with Crippen molar-refractivity contribution in [3.05, 3.63) is 0 Å². The molecular formula is C32H63NO5S2. The van der Waals surface area contributed by atoms with Crippen LogP contribution in [-0.2, 0) is 19.1 Å². The van der Waals surface area contributed by atoms with Gasteiger partial charge in [-0.1, -0.05) is 104 Å². The number of carbonyl (C=O) groups is 2. The minimum absolute atomic E-state index is 0.0149. The van der Waals surface area contributed by atoms with E-state index < -0.39 is 0 Å². The summed E-state index contributed by atoms with van der Waals surface area (Å²) >= 11 is 3.02. The smallest absolute Gasteiger partial charge is 0.329 e. The van der Waals surface area contributed by atoms with Gasteiger partial charge in [-0.25, -0.2) is 4.79 Å². The zero-order valence-corrected chi connectivity index (χ0v) is 28.3. The zero-order valence-electron chi connectivity index (χ0n) is 26.6. The fourth-order valence-corrected chi connectivity index (χ4v) is 6.32. The third kappa shape index (κ3) is 22.2. The Hall–Kier alpha value is -0.440. The predicted octanol–water partition coefficient (Wildman–Crippen LogP) is 9.27. The van der Waals surface area contributed by atoms with Crippen LogP contribution in [0.2, 0.25) is 0 Å². The van der Waals surface area contributed by atoms with Gasteiger partial charge in [-0.3, -0.25) is 4.79 Å². The van der Waals surface area contributed by atoms with Crippen LogP contribution in [0.1, 0.15) is 142 Å². The average molecular weight is 606 g/mol. The van der Waals surface area contributed by atoms with Crippen molar-refractivity contribution in [3.8, 4) is 0 Å². The average Bonchev–Trinajstić information content (AvgIpc) is 2.94. The van der Waals surface area contributed by atoms with Crippen molar-refractivity contribution in [2.75, 3.05) is 32.8 Å². The van der Waals surface area contributed by atoms with E-state index in [4.69, 9.17) is 9.47 Å². The molecule has 0 aromatic carbocycles. The molecule has 6 nitrogen and oxygen atoms in total. The van der Waals surface area contributed by atoms with Gasteiger partial charge in [0.1, 0.15) is 4.58 Å². The lowest BCUT2D eigenvalue weighted by Gasteiger charge is -2.22. The summed E-state index contributed by atoms with van der Waals surface area (Å²) in [6, 6.07) is 0.132. The SMILES string of the molecule is CCCCCCCCC(CCCCCC)C(=O)OCCCCCC(CCCCCOC(=O)C(SC)SC)N(C)O. The van der Waals surface area contributed by atoms with Gasteiger partial charge < -0.3 is 14.7 Å². The Balaban J connectivity index is 4.14. The molecule has 0 fully saturated rings. The van der Waals surface area contributed by atoms with E-state index in [0.29, 0.717) is 13.2 Å². The molecule has 0 radical (unpaired) electrons. The largest absolute Gasteiger partial charge is 0.465 e. The maximum atomic E-state index is 12.8. The Morgan fingerprint density at radius 3 is 1.50 bits per heavy atom. The molecule has 0 amide bonds. The molecule has 0 aliphatic heterocycles. The highest BCUT2D eigenvalue weighted by molar-refractivity contribution is 8.17. The second-order valence-corrected chi connectivity index (χ2v) is 13.4. The summed E-state index contributed by atoms with van der Waals surface area (Å²) in [5.41, 5.74) is 0. The summed E-state index contributed by atoms with van der Waals surface area (Å²) in [7, 11) is 1.73. The quantitative estimate of drug-likeness (QED) is 0.0391. The normalized spacial score (nSPS) is 13.1. The van der Waals surface area contributed by atoms with Crippen molar-refractivity contribution in [2.45, 2.75) is 153 Å². The molecule has 40 heavy (non-hydrogen) atoms. The summed E-state index contributed by atoms with van der Waals surface area (Å²) in [6.45, 7) is 5.44. The van der Waals surface area contributed by atoms with Gasteiger partial charge >= 0.3 is 11.9 Å². The molecule has 2 unspecified atom stereocenters. The monoisotopic (exact) mass is 605 g/mol. The fraction of sp³-hybridized carbons (Fsp3) is 0.938. The van der Waals surface area contributed by atoms with Crippen molar-refractivity contribution >= 4 is 35.5 Å². The second-order valence-electron chi connectivity index (χ2n) is 11.2. The summed E-state index contributed by atoms with van der Waals surface area (Å²) in [6.07, 6.45) is 25.7. The topological polar surface area (TPSA) is 76.1 Å². The number of hydrogen-bond donors (Lipinski definition) is 1. The van der Waals surface area contributed by atoms with Crippen molar-refractivity contribution in [1.82, 2.24) is 5.06 Å². The maximum Gasteiger partial charge on any atom is 0.329 e. The molecule has 0 saturated heterocycles. The molecule has 0 spiro atoms. The van der Waals surface area contributed by atoms with Gasteiger partial charge in [0, 0.05) is 13.1 Å². The molecule has 0 aliphatic carbocycles. The maximum absolute atomic E-state index is 12.8.